The molecular formula is C12H16N2O5. The van der Waals surface area contributed by atoms with Crippen molar-refractivity contribution in [2.24, 2.45) is 0 Å². The molecule has 0 aliphatic heterocycles. The Morgan fingerprint density at radius 2 is 2.16 bits per heavy atom. The number of carbonyl (C=O) groups is 3. The van der Waals surface area contributed by atoms with E-state index in [1.165, 1.54) is 17.2 Å². The number of nitrogens with zero attached hydrogens (tertiary/aromatic N) is 1. The van der Waals surface area contributed by atoms with Crippen LogP contribution in [0.4, 0.5) is 0 Å². The molecule has 0 bridgehead atoms. The van der Waals surface area contributed by atoms with Gasteiger partial charge in [0, 0.05) is 20.0 Å². The van der Waals surface area contributed by atoms with E-state index in [-0.39, 0.29) is 24.6 Å². The number of rotatable bonds is 7. The van der Waals surface area contributed by atoms with Crippen molar-refractivity contribution >= 4 is 17.8 Å². The Labute approximate surface area is 110 Å². The predicted molar refractivity (Wildman–Crippen MR) is 65.5 cm³/mol. The van der Waals surface area contributed by atoms with Crippen molar-refractivity contribution in [3.63, 3.8) is 0 Å². The predicted octanol–water partition coefficient (Wildman–Crippen LogP) is 0.333. The van der Waals surface area contributed by atoms with Crippen LogP contribution in [0.15, 0.2) is 22.8 Å². The molecule has 0 aromatic carbocycles. The minimum absolute atomic E-state index is 0.0103. The first kappa shape index (κ1) is 14.7. The lowest BCUT2D eigenvalue weighted by Crippen LogP contribution is -2.38. The zero-order chi connectivity index (χ0) is 14.3. The molecule has 2 amide bonds. The van der Waals surface area contributed by atoms with Crippen LogP contribution in [0.5, 0.6) is 0 Å². The van der Waals surface area contributed by atoms with E-state index in [0.717, 1.165) is 0 Å². The number of furan rings is 1. The van der Waals surface area contributed by atoms with E-state index in [2.05, 4.69) is 5.32 Å². The summed E-state index contributed by atoms with van der Waals surface area (Å²) in [7, 11) is 1.56. The van der Waals surface area contributed by atoms with E-state index in [4.69, 9.17) is 9.52 Å². The first-order valence-corrected chi connectivity index (χ1v) is 5.78. The average molecular weight is 268 g/mol. The highest BCUT2D eigenvalue weighted by atomic mass is 16.4. The number of carboxylic acid groups (broad SMARTS) is 1. The molecule has 0 aliphatic rings. The topological polar surface area (TPSA) is 99.9 Å². The summed E-state index contributed by atoms with van der Waals surface area (Å²) in [6.07, 6.45) is 1.76. The first-order valence-electron chi connectivity index (χ1n) is 5.78. The summed E-state index contributed by atoms with van der Waals surface area (Å²) < 4.78 is 4.88. The molecular weight excluding hydrogens is 252 g/mol. The quantitative estimate of drug-likeness (QED) is 0.742. The van der Waals surface area contributed by atoms with Gasteiger partial charge in [0.05, 0.1) is 12.8 Å². The van der Waals surface area contributed by atoms with Gasteiger partial charge in [-0.15, -0.1) is 0 Å². The zero-order valence-corrected chi connectivity index (χ0v) is 10.6. The summed E-state index contributed by atoms with van der Waals surface area (Å²) in [4.78, 5) is 34.8. The number of likely N-dealkylation sites (N-methyl/N-ethyl adjacent to an activating group) is 1. The van der Waals surface area contributed by atoms with Crippen LogP contribution in [0.2, 0.25) is 0 Å². The number of carbonyl (C=O) groups excluding carboxylic acids is 2. The van der Waals surface area contributed by atoms with Crippen LogP contribution >= 0.6 is 0 Å². The lowest BCUT2D eigenvalue weighted by Gasteiger charge is -2.16. The van der Waals surface area contributed by atoms with Crippen LogP contribution in [-0.4, -0.2) is 47.9 Å². The standard InChI is InChI=1S/C12H16N2O5/c1-14(6-2-5-11(16)17)10(15)8-13-12(18)9-4-3-7-19-9/h3-4,7H,2,5-6,8H2,1H3,(H,13,18)(H,16,17). The third kappa shape index (κ3) is 5.24. The van der Waals surface area contributed by atoms with Crippen LogP contribution in [0.1, 0.15) is 23.4 Å². The molecule has 1 heterocycles. The fourth-order valence-corrected chi connectivity index (χ4v) is 1.38. The Balaban J connectivity index is 2.26. The van der Waals surface area contributed by atoms with Crippen molar-refractivity contribution in [3.8, 4) is 0 Å². The third-order valence-corrected chi connectivity index (χ3v) is 2.46. The van der Waals surface area contributed by atoms with Gasteiger partial charge < -0.3 is 19.7 Å². The molecule has 7 nitrogen and oxygen atoms in total. The monoisotopic (exact) mass is 268 g/mol. The van der Waals surface area contributed by atoms with Gasteiger partial charge in [0.15, 0.2) is 5.76 Å². The van der Waals surface area contributed by atoms with Gasteiger partial charge in [0.25, 0.3) is 5.91 Å². The molecule has 0 aliphatic carbocycles. The maximum Gasteiger partial charge on any atom is 0.303 e. The molecule has 1 aromatic heterocycles. The summed E-state index contributed by atoms with van der Waals surface area (Å²) in [5.74, 6) is -1.50. The summed E-state index contributed by atoms with van der Waals surface area (Å²) in [5.41, 5.74) is 0. The van der Waals surface area contributed by atoms with Crippen LogP contribution in [0.3, 0.4) is 0 Å². The minimum atomic E-state index is -0.896. The van der Waals surface area contributed by atoms with Crippen LogP contribution in [-0.2, 0) is 9.59 Å². The van der Waals surface area contributed by atoms with Crippen LogP contribution in [0.25, 0.3) is 0 Å². The number of nitrogens with one attached hydrogen (secondary N) is 1. The van der Waals surface area contributed by atoms with E-state index in [1.54, 1.807) is 13.1 Å². The number of hydrogen-bond donors (Lipinski definition) is 2. The minimum Gasteiger partial charge on any atom is -0.481 e. The third-order valence-electron chi connectivity index (χ3n) is 2.46. The molecule has 0 spiro atoms. The Hall–Kier alpha value is -2.31. The number of aliphatic carboxylic acids is 1. The molecule has 0 radical (unpaired) electrons. The van der Waals surface area contributed by atoms with Gasteiger partial charge in [-0.1, -0.05) is 0 Å². The first-order chi connectivity index (χ1) is 9.00. The maximum atomic E-state index is 11.6. The molecule has 0 atom stereocenters. The molecule has 0 fully saturated rings. The fourth-order valence-electron chi connectivity index (χ4n) is 1.38. The van der Waals surface area contributed by atoms with Gasteiger partial charge in [0.2, 0.25) is 5.91 Å². The molecule has 7 heteroatoms. The maximum absolute atomic E-state index is 11.6. The number of carboxylic acids is 1. The molecule has 104 valence electrons. The molecule has 1 aromatic rings. The second kappa shape index (κ2) is 7.20. The van der Waals surface area contributed by atoms with E-state index in [9.17, 15) is 14.4 Å². The van der Waals surface area contributed by atoms with Crippen LogP contribution < -0.4 is 5.32 Å². The Bertz CT molecular complexity index is 441. The molecule has 0 unspecified atom stereocenters. The zero-order valence-electron chi connectivity index (χ0n) is 10.6. The molecule has 1 rings (SSSR count). The van der Waals surface area contributed by atoms with Crippen molar-refractivity contribution in [1.29, 1.82) is 0 Å². The second-order valence-electron chi connectivity index (χ2n) is 3.97. The average Bonchev–Trinajstić information content (AvgIpc) is 2.88. The summed E-state index contributed by atoms with van der Waals surface area (Å²) in [5, 5.41) is 10.9. The van der Waals surface area contributed by atoms with Gasteiger partial charge >= 0.3 is 5.97 Å². The van der Waals surface area contributed by atoms with Gasteiger partial charge in [-0.3, -0.25) is 14.4 Å². The molecule has 0 saturated carbocycles. The molecule has 0 saturated heterocycles. The van der Waals surface area contributed by atoms with Crippen molar-refractivity contribution < 1.29 is 23.9 Å². The van der Waals surface area contributed by atoms with Crippen molar-refractivity contribution in [1.82, 2.24) is 10.2 Å². The smallest absolute Gasteiger partial charge is 0.303 e. The Morgan fingerprint density at radius 1 is 1.42 bits per heavy atom. The van der Waals surface area contributed by atoms with Crippen LogP contribution in [0, 0.1) is 0 Å². The van der Waals surface area contributed by atoms with Gasteiger partial charge in [-0.05, 0) is 18.6 Å². The van der Waals surface area contributed by atoms with Crippen molar-refractivity contribution in [2.75, 3.05) is 20.1 Å². The van der Waals surface area contributed by atoms with Gasteiger partial charge in [-0.2, -0.15) is 0 Å². The highest BCUT2D eigenvalue weighted by Gasteiger charge is 2.13. The van der Waals surface area contributed by atoms with E-state index in [0.29, 0.717) is 13.0 Å². The number of hydrogen-bond acceptors (Lipinski definition) is 4. The summed E-state index contributed by atoms with van der Waals surface area (Å²) >= 11 is 0. The Morgan fingerprint density at radius 3 is 2.74 bits per heavy atom. The van der Waals surface area contributed by atoms with E-state index >= 15 is 0 Å². The van der Waals surface area contributed by atoms with E-state index < -0.39 is 11.9 Å². The highest BCUT2D eigenvalue weighted by molar-refractivity contribution is 5.94. The second-order valence-corrected chi connectivity index (χ2v) is 3.97. The van der Waals surface area contributed by atoms with Gasteiger partial charge in [-0.25, -0.2) is 0 Å². The SMILES string of the molecule is CN(CCCC(=O)O)C(=O)CNC(=O)c1ccco1. The Kier molecular flexibility index (Phi) is 5.59. The summed E-state index contributed by atoms with van der Waals surface area (Å²) in [6.45, 7) is 0.185. The molecule has 2 N–H and O–H groups in total. The molecule has 19 heavy (non-hydrogen) atoms. The summed E-state index contributed by atoms with van der Waals surface area (Å²) in [6, 6.07) is 3.07. The largest absolute Gasteiger partial charge is 0.481 e. The highest BCUT2D eigenvalue weighted by Crippen LogP contribution is 1.99. The van der Waals surface area contributed by atoms with Crippen molar-refractivity contribution in [3.05, 3.63) is 24.2 Å². The van der Waals surface area contributed by atoms with Gasteiger partial charge in [0.1, 0.15) is 0 Å². The number of amides is 2. The van der Waals surface area contributed by atoms with E-state index in [1.807, 2.05) is 0 Å². The lowest BCUT2D eigenvalue weighted by atomic mass is 10.3. The normalized spacial score (nSPS) is 9.95. The van der Waals surface area contributed by atoms with Crippen molar-refractivity contribution in [2.45, 2.75) is 12.8 Å². The lowest BCUT2D eigenvalue weighted by molar-refractivity contribution is -0.137. The fraction of sp³-hybridized carbons (Fsp3) is 0.417.